The second-order valence-corrected chi connectivity index (χ2v) is 3.58. The number of nitrogens with two attached hydrogens (primary N) is 1. The van der Waals surface area contributed by atoms with E-state index < -0.39 is 0 Å². The standard InChI is InChI=1S/C12H11FN4O/c1-15-12(18)9-6-16-11(17-10(9)14)7-3-2-4-8(13)5-7/h2-6H,1H3,(H,15,18)(H2,14,16,17). The SMILES string of the molecule is CNC(=O)c1cnc(-c2cccc(F)c2)nc1N. The number of hydrogen-bond donors (Lipinski definition) is 2. The smallest absolute Gasteiger partial charge is 0.256 e. The number of nitrogens with zero attached hydrogens (tertiary/aromatic N) is 2. The Morgan fingerprint density at radius 2 is 2.22 bits per heavy atom. The van der Waals surface area contributed by atoms with Crippen LogP contribution in [0, 0.1) is 5.82 Å². The average Bonchev–Trinajstić information content (AvgIpc) is 2.37. The molecule has 0 bridgehead atoms. The van der Waals surface area contributed by atoms with Crippen molar-refractivity contribution in [1.82, 2.24) is 15.3 Å². The first-order valence-electron chi connectivity index (χ1n) is 5.22. The highest BCUT2D eigenvalue weighted by atomic mass is 19.1. The Balaban J connectivity index is 2.43. The van der Waals surface area contributed by atoms with Crippen molar-refractivity contribution in [2.45, 2.75) is 0 Å². The van der Waals surface area contributed by atoms with E-state index in [1.165, 1.54) is 25.4 Å². The molecule has 6 heteroatoms. The molecule has 2 rings (SSSR count). The lowest BCUT2D eigenvalue weighted by Gasteiger charge is -2.05. The van der Waals surface area contributed by atoms with Crippen molar-refractivity contribution in [2.75, 3.05) is 12.8 Å². The number of nitrogen functional groups attached to an aromatic ring is 1. The van der Waals surface area contributed by atoms with Gasteiger partial charge in [0.15, 0.2) is 5.82 Å². The van der Waals surface area contributed by atoms with Crippen molar-refractivity contribution in [2.24, 2.45) is 0 Å². The molecule has 0 aliphatic carbocycles. The molecule has 0 radical (unpaired) electrons. The summed E-state index contributed by atoms with van der Waals surface area (Å²) in [6.45, 7) is 0. The zero-order chi connectivity index (χ0) is 13.1. The summed E-state index contributed by atoms with van der Waals surface area (Å²) in [7, 11) is 1.49. The lowest BCUT2D eigenvalue weighted by molar-refractivity contribution is 0.0963. The topological polar surface area (TPSA) is 80.9 Å². The van der Waals surface area contributed by atoms with Crippen LogP contribution in [0.15, 0.2) is 30.5 Å². The molecule has 0 fully saturated rings. The van der Waals surface area contributed by atoms with Crippen LogP contribution in [0.5, 0.6) is 0 Å². The van der Waals surface area contributed by atoms with Crippen LogP contribution in [-0.2, 0) is 0 Å². The number of nitrogens with one attached hydrogen (secondary N) is 1. The Morgan fingerprint density at radius 1 is 1.44 bits per heavy atom. The van der Waals surface area contributed by atoms with Crippen LogP contribution in [0.3, 0.4) is 0 Å². The van der Waals surface area contributed by atoms with E-state index in [1.54, 1.807) is 12.1 Å². The number of rotatable bonds is 2. The molecule has 18 heavy (non-hydrogen) atoms. The Morgan fingerprint density at radius 3 is 2.83 bits per heavy atom. The fraction of sp³-hybridized carbons (Fsp3) is 0.0833. The predicted octanol–water partition coefficient (Wildman–Crippen LogP) is 1.22. The molecular formula is C12H11FN4O. The molecule has 0 saturated carbocycles. The average molecular weight is 246 g/mol. The maximum absolute atomic E-state index is 13.1. The van der Waals surface area contributed by atoms with Crippen LogP contribution in [0.2, 0.25) is 0 Å². The summed E-state index contributed by atoms with van der Waals surface area (Å²) in [6.07, 6.45) is 1.32. The maximum Gasteiger partial charge on any atom is 0.256 e. The van der Waals surface area contributed by atoms with Crippen molar-refractivity contribution < 1.29 is 9.18 Å². The van der Waals surface area contributed by atoms with Gasteiger partial charge in [0.25, 0.3) is 5.91 Å². The number of halogens is 1. The van der Waals surface area contributed by atoms with Gasteiger partial charge in [-0.15, -0.1) is 0 Å². The van der Waals surface area contributed by atoms with Crippen molar-refractivity contribution in [3.05, 3.63) is 41.8 Å². The zero-order valence-electron chi connectivity index (χ0n) is 9.64. The number of aromatic nitrogens is 2. The molecule has 0 saturated heterocycles. The summed E-state index contributed by atoms with van der Waals surface area (Å²) in [4.78, 5) is 19.4. The quantitative estimate of drug-likeness (QED) is 0.835. The van der Waals surface area contributed by atoms with Gasteiger partial charge in [-0.3, -0.25) is 4.79 Å². The van der Waals surface area contributed by atoms with Crippen LogP contribution in [0.4, 0.5) is 10.2 Å². The summed E-state index contributed by atoms with van der Waals surface area (Å²) in [5.74, 6) is -0.411. The third-order valence-corrected chi connectivity index (χ3v) is 2.37. The van der Waals surface area contributed by atoms with Crippen LogP contribution in [0.1, 0.15) is 10.4 Å². The predicted molar refractivity (Wildman–Crippen MR) is 65.2 cm³/mol. The van der Waals surface area contributed by atoms with Gasteiger partial charge in [-0.05, 0) is 12.1 Å². The minimum atomic E-state index is -0.384. The van der Waals surface area contributed by atoms with E-state index in [-0.39, 0.29) is 28.9 Å². The number of hydrogen-bond acceptors (Lipinski definition) is 4. The molecule has 1 heterocycles. The Kier molecular flexibility index (Phi) is 3.18. The van der Waals surface area contributed by atoms with Gasteiger partial charge in [-0.1, -0.05) is 12.1 Å². The number of amides is 1. The highest BCUT2D eigenvalue weighted by Crippen LogP contribution is 2.18. The van der Waals surface area contributed by atoms with E-state index in [9.17, 15) is 9.18 Å². The van der Waals surface area contributed by atoms with Gasteiger partial charge in [0.1, 0.15) is 11.6 Å². The van der Waals surface area contributed by atoms with E-state index in [2.05, 4.69) is 15.3 Å². The Bertz CT molecular complexity index is 600. The number of carbonyl (C=O) groups is 1. The van der Waals surface area contributed by atoms with E-state index >= 15 is 0 Å². The largest absolute Gasteiger partial charge is 0.383 e. The molecule has 1 amide bonds. The molecule has 1 aromatic heterocycles. The third-order valence-electron chi connectivity index (χ3n) is 2.37. The number of anilines is 1. The third kappa shape index (κ3) is 2.27. The van der Waals surface area contributed by atoms with Gasteiger partial charge in [-0.2, -0.15) is 0 Å². The zero-order valence-corrected chi connectivity index (χ0v) is 9.64. The minimum absolute atomic E-state index is 0.0589. The molecule has 0 unspecified atom stereocenters. The molecule has 2 aromatic rings. The van der Waals surface area contributed by atoms with E-state index in [0.29, 0.717) is 5.56 Å². The van der Waals surface area contributed by atoms with Crippen LogP contribution in [-0.4, -0.2) is 22.9 Å². The summed E-state index contributed by atoms with van der Waals surface area (Å²) >= 11 is 0. The van der Waals surface area contributed by atoms with Gasteiger partial charge in [0, 0.05) is 18.8 Å². The van der Waals surface area contributed by atoms with Gasteiger partial charge in [0.05, 0.1) is 5.56 Å². The molecule has 0 spiro atoms. The van der Waals surface area contributed by atoms with E-state index in [1.807, 2.05) is 0 Å². The first-order chi connectivity index (χ1) is 8.61. The molecule has 0 aliphatic heterocycles. The summed E-state index contributed by atoms with van der Waals surface area (Å²) in [5.41, 5.74) is 6.36. The monoisotopic (exact) mass is 246 g/mol. The van der Waals surface area contributed by atoms with Crippen molar-refractivity contribution >= 4 is 11.7 Å². The minimum Gasteiger partial charge on any atom is -0.383 e. The van der Waals surface area contributed by atoms with E-state index in [4.69, 9.17) is 5.73 Å². The highest BCUT2D eigenvalue weighted by Gasteiger charge is 2.11. The molecule has 92 valence electrons. The second kappa shape index (κ2) is 4.79. The molecule has 5 nitrogen and oxygen atoms in total. The molecule has 0 atom stereocenters. The fourth-order valence-corrected chi connectivity index (χ4v) is 1.47. The van der Waals surface area contributed by atoms with Gasteiger partial charge < -0.3 is 11.1 Å². The van der Waals surface area contributed by atoms with E-state index in [0.717, 1.165) is 0 Å². The first-order valence-corrected chi connectivity index (χ1v) is 5.22. The van der Waals surface area contributed by atoms with Gasteiger partial charge >= 0.3 is 0 Å². The highest BCUT2D eigenvalue weighted by molar-refractivity contribution is 5.98. The summed E-state index contributed by atoms with van der Waals surface area (Å²) < 4.78 is 13.1. The number of carbonyl (C=O) groups excluding carboxylic acids is 1. The van der Waals surface area contributed by atoms with Crippen LogP contribution < -0.4 is 11.1 Å². The lowest BCUT2D eigenvalue weighted by Crippen LogP contribution is -2.20. The molecule has 0 aliphatic rings. The first kappa shape index (κ1) is 12.0. The molecule has 3 N–H and O–H groups in total. The van der Waals surface area contributed by atoms with Crippen LogP contribution >= 0.6 is 0 Å². The number of benzene rings is 1. The summed E-state index contributed by atoms with van der Waals surface area (Å²) in [5, 5.41) is 2.43. The summed E-state index contributed by atoms with van der Waals surface area (Å²) in [6, 6.07) is 5.84. The van der Waals surface area contributed by atoms with Gasteiger partial charge in [0.2, 0.25) is 0 Å². The Labute approximate surface area is 103 Å². The Hall–Kier alpha value is -2.50. The second-order valence-electron chi connectivity index (χ2n) is 3.58. The van der Waals surface area contributed by atoms with Crippen molar-refractivity contribution in [1.29, 1.82) is 0 Å². The maximum atomic E-state index is 13.1. The fourth-order valence-electron chi connectivity index (χ4n) is 1.47. The van der Waals surface area contributed by atoms with Crippen molar-refractivity contribution in [3.8, 4) is 11.4 Å². The van der Waals surface area contributed by atoms with Gasteiger partial charge in [-0.25, -0.2) is 14.4 Å². The molecule has 1 aromatic carbocycles. The lowest BCUT2D eigenvalue weighted by atomic mass is 10.2. The normalized spacial score (nSPS) is 10.1. The van der Waals surface area contributed by atoms with Crippen LogP contribution in [0.25, 0.3) is 11.4 Å². The molecular weight excluding hydrogens is 235 g/mol. The van der Waals surface area contributed by atoms with Crippen molar-refractivity contribution in [3.63, 3.8) is 0 Å².